The number of nitrogens with two attached hydrogens (primary N) is 1. The lowest BCUT2D eigenvalue weighted by atomic mass is 9.89. The number of aliphatic hydroxyl groups is 1. The van der Waals surface area contributed by atoms with Crippen LogP contribution < -0.4 is 11.1 Å². The summed E-state index contributed by atoms with van der Waals surface area (Å²) in [5.74, 6) is 0.440. The largest absolute Gasteiger partial charge is 0.391 e. The first-order valence-electron chi connectivity index (χ1n) is 10.7. The molecule has 160 valence electrons. The van der Waals surface area contributed by atoms with Gasteiger partial charge in [-0.3, -0.25) is 4.79 Å². The quantitative estimate of drug-likeness (QED) is 0.479. The molecule has 0 aromatic carbocycles. The van der Waals surface area contributed by atoms with Crippen molar-refractivity contribution in [2.75, 3.05) is 13.2 Å². The number of nitrogens with one attached hydrogen (secondary N) is 1. The average molecular weight is 387 g/mol. The zero-order valence-electron chi connectivity index (χ0n) is 17.9. The highest BCUT2D eigenvalue weighted by molar-refractivity contribution is 5.78. The molecule has 6 heteroatoms. The van der Waals surface area contributed by atoms with E-state index in [1.807, 2.05) is 6.92 Å². The summed E-state index contributed by atoms with van der Waals surface area (Å²) in [5.41, 5.74) is 6.14. The summed E-state index contributed by atoms with van der Waals surface area (Å²) in [5, 5.41) is 13.5. The first kappa shape index (κ1) is 24.3. The molecule has 0 aromatic rings. The molecule has 1 rings (SSSR count). The lowest BCUT2D eigenvalue weighted by molar-refractivity contribution is -0.188. The number of hydrogen-bond acceptors (Lipinski definition) is 5. The van der Waals surface area contributed by atoms with Gasteiger partial charge in [0.25, 0.3) is 0 Å². The van der Waals surface area contributed by atoms with Crippen LogP contribution in [0.4, 0.5) is 0 Å². The summed E-state index contributed by atoms with van der Waals surface area (Å²) >= 11 is 0. The van der Waals surface area contributed by atoms with Gasteiger partial charge in [0, 0.05) is 25.1 Å². The van der Waals surface area contributed by atoms with Crippen LogP contribution >= 0.6 is 0 Å². The molecular formula is C21H42N2O4. The van der Waals surface area contributed by atoms with Crippen LogP contribution in [0.5, 0.6) is 0 Å². The molecule has 0 saturated carbocycles. The molecule has 3 unspecified atom stereocenters. The van der Waals surface area contributed by atoms with Crippen LogP contribution in [-0.2, 0) is 14.3 Å². The van der Waals surface area contributed by atoms with E-state index < -0.39 is 6.10 Å². The molecular weight excluding hydrogens is 344 g/mol. The maximum atomic E-state index is 12.7. The minimum Gasteiger partial charge on any atom is -0.391 e. The van der Waals surface area contributed by atoms with Crippen molar-refractivity contribution in [2.45, 2.75) is 97.7 Å². The molecule has 1 aliphatic heterocycles. The van der Waals surface area contributed by atoms with E-state index in [9.17, 15) is 9.90 Å². The van der Waals surface area contributed by atoms with Crippen LogP contribution in [0.3, 0.4) is 0 Å². The summed E-state index contributed by atoms with van der Waals surface area (Å²) in [6, 6.07) is -0.316. The third-order valence-electron chi connectivity index (χ3n) is 4.96. The number of carbonyl (C=O) groups is 1. The van der Waals surface area contributed by atoms with Crippen LogP contribution in [0.25, 0.3) is 0 Å². The Bertz CT molecular complexity index is 411. The van der Waals surface area contributed by atoms with E-state index in [4.69, 9.17) is 15.2 Å². The number of aliphatic hydroxyl groups excluding tert-OH is 1. The molecule has 1 saturated heterocycles. The van der Waals surface area contributed by atoms with Gasteiger partial charge in [-0.05, 0) is 57.3 Å². The highest BCUT2D eigenvalue weighted by Gasteiger charge is 2.28. The van der Waals surface area contributed by atoms with Gasteiger partial charge in [-0.1, -0.05) is 27.7 Å². The fourth-order valence-corrected chi connectivity index (χ4v) is 3.46. The number of amides is 1. The predicted octanol–water partition coefficient (Wildman–Crippen LogP) is 2.82. The molecule has 1 aliphatic rings. The summed E-state index contributed by atoms with van der Waals surface area (Å²) in [7, 11) is 0. The van der Waals surface area contributed by atoms with Gasteiger partial charge in [-0.25, -0.2) is 0 Å². The fourth-order valence-electron chi connectivity index (χ4n) is 3.46. The molecule has 0 aliphatic carbocycles. The van der Waals surface area contributed by atoms with Gasteiger partial charge in [0.15, 0.2) is 6.29 Å². The highest BCUT2D eigenvalue weighted by Crippen LogP contribution is 2.22. The van der Waals surface area contributed by atoms with Crippen LogP contribution in [-0.4, -0.2) is 48.7 Å². The average Bonchev–Trinajstić information content (AvgIpc) is 2.59. The lowest BCUT2D eigenvalue weighted by Crippen LogP contribution is -2.42. The maximum Gasteiger partial charge on any atom is 0.223 e. The van der Waals surface area contributed by atoms with Gasteiger partial charge in [0.1, 0.15) is 0 Å². The van der Waals surface area contributed by atoms with Crippen molar-refractivity contribution in [1.82, 2.24) is 5.32 Å². The topological polar surface area (TPSA) is 93.8 Å². The molecule has 27 heavy (non-hydrogen) atoms. The van der Waals surface area contributed by atoms with Gasteiger partial charge in [-0.15, -0.1) is 0 Å². The third-order valence-corrected chi connectivity index (χ3v) is 4.96. The van der Waals surface area contributed by atoms with Gasteiger partial charge >= 0.3 is 0 Å². The van der Waals surface area contributed by atoms with E-state index >= 15 is 0 Å². The van der Waals surface area contributed by atoms with E-state index in [0.717, 1.165) is 32.3 Å². The van der Waals surface area contributed by atoms with E-state index in [1.165, 1.54) is 0 Å². The Labute approximate surface area is 165 Å². The summed E-state index contributed by atoms with van der Waals surface area (Å²) in [4.78, 5) is 12.7. The second-order valence-electron chi connectivity index (χ2n) is 8.91. The number of carbonyl (C=O) groups excluding carboxylic acids is 1. The van der Waals surface area contributed by atoms with E-state index in [1.54, 1.807) is 0 Å². The Morgan fingerprint density at radius 1 is 1.15 bits per heavy atom. The van der Waals surface area contributed by atoms with E-state index in [0.29, 0.717) is 31.2 Å². The Kier molecular flexibility index (Phi) is 11.5. The minimum atomic E-state index is -0.694. The Hall–Kier alpha value is -0.690. The fraction of sp³-hybridized carbons (Fsp3) is 0.952. The second kappa shape index (κ2) is 12.7. The molecule has 6 nitrogen and oxygen atoms in total. The molecule has 4 N–H and O–H groups in total. The number of hydrogen-bond donors (Lipinski definition) is 3. The molecule has 1 amide bonds. The Balaban J connectivity index is 2.63. The van der Waals surface area contributed by atoms with Crippen LogP contribution in [0.2, 0.25) is 0 Å². The summed E-state index contributed by atoms with van der Waals surface area (Å²) < 4.78 is 11.6. The highest BCUT2D eigenvalue weighted by atomic mass is 16.7. The van der Waals surface area contributed by atoms with Crippen LogP contribution in [0, 0.1) is 17.8 Å². The van der Waals surface area contributed by atoms with Gasteiger partial charge in [0.2, 0.25) is 5.91 Å². The van der Waals surface area contributed by atoms with Crippen LogP contribution in [0.15, 0.2) is 0 Å². The molecule has 1 fully saturated rings. The normalized spacial score (nSPS) is 22.5. The van der Waals surface area contributed by atoms with Crippen molar-refractivity contribution in [3.05, 3.63) is 0 Å². The van der Waals surface area contributed by atoms with Crippen molar-refractivity contribution in [2.24, 2.45) is 23.5 Å². The van der Waals surface area contributed by atoms with Crippen molar-refractivity contribution in [3.8, 4) is 0 Å². The Morgan fingerprint density at radius 2 is 1.85 bits per heavy atom. The first-order valence-corrected chi connectivity index (χ1v) is 10.7. The van der Waals surface area contributed by atoms with Crippen molar-refractivity contribution in [3.63, 3.8) is 0 Å². The maximum absolute atomic E-state index is 12.7. The third kappa shape index (κ3) is 10.4. The predicted molar refractivity (Wildman–Crippen MR) is 108 cm³/mol. The van der Waals surface area contributed by atoms with E-state index in [-0.39, 0.29) is 30.3 Å². The zero-order chi connectivity index (χ0) is 20.4. The smallest absolute Gasteiger partial charge is 0.223 e. The van der Waals surface area contributed by atoms with Crippen molar-refractivity contribution in [1.29, 1.82) is 0 Å². The monoisotopic (exact) mass is 386 g/mol. The number of ether oxygens (including phenoxy) is 2. The minimum absolute atomic E-state index is 0.0282. The summed E-state index contributed by atoms with van der Waals surface area (Å²) in [6.07, 6.45) is 3.75. The molecule has 0 spiro atoms. The van der Waals surface area contributed by atoms with Gasteiger partial charge in [-0.2, -0.15) is 0 Å². The summed E-state index contributed by atoms with van der Waals surface area (Å²) in [6.45, 7) is 11.6. The molecule has 0 aromatic heterocycles. The standard InChI is InChI=1S/C21H42N2O4/c1-14(2)10-18(22)19(24)12-17(21(25)23-13-15(3)4)11-16(5)27-20-8-6-7-9-26-20/h14-20,24H,6-13,22H2,1-5H3,(H,23,25)/t16?,17?,18-,19-,20?/m0/s1. The molecule has 0 bridgehead atoms. The van der Waals surface area contributed by atoms with E-state index in [2.05, 4.69) is 33.0 Å². The first-order chi connectivity index (χ1) is 12.7. The van der Waals surface area contributed by atoms with Crippen molar-refractivity contribution >= 4 is 5.91 Å². The lowest BCUT2D eigenvalue weighted by Gasteiger charge is -2.29. The molecule has 1 heterocycles. The molecule has 5 atom stereocenters. The van der Waals surface area contributed by atoms with Gasteiger partial charge in [0.05, 0.1) is 12.2 Å². The molecule has 0 radical (unpaired) electrons. The Morgan fingerprint density at radius 3 is 2.41 bits per heavy atom. The second-order valence-corrected chi connectivity index (χ2v) is 8.91. The van der Waals surface area contributed by atoms with Gasteiger partial charge < -0.3 is 25.6 Å². The number of rotatable bonds is 12. The zero-order valence-corrected chi connectivity index (χ0v) is 17.9. The van der Waals surface area contributed by atoms with Crippen molar-refractivity contribution < 1.29 is 19.4 Å². The SMILES string of the molecule is CC(C)CNC(=O)C(CC(C)OC1CCCCO1)C[C@H](O)[C@@H](N)CC(C)C. The van der Waals surface area contributed by atoms with Crippen LogP contribution in [0.1, 0.15) is 73.1 Å².